The summed E-state index contributed by atoms with van der Waals surface area (Å²) in [5.41, 5.74) is 0.870. The first-order chi connectivity index (χ1) is 11.8. The van der Waals surface area contributed by atoms with Crippen LogP contribution >= 0.6 is 0 Å². The molecular formula is C18H17N3O3. The summed E-state index contributed by atoms with van der Waals surface area (Å²) in [6, 6.07) is 18.9. The molecule has 2 aromatic carbocycles. The standard InChI is InChI=1S/C18H17N3O3/c22-16(11-12-23-15-9-5-2-6-10-15)19-13-17-20-18(21-24-17)14-7-3-1-4-8-14/h1-10H,11-13H2,(H,19,22). The summed E-state index contributed by atoms with van der Waals surface area (Å²) >= 11 is 0. The number of nitrogens with zero attached hydrogens (tertiary/aromatic N) is 2. The number of carbonyl (C=O) groups excluding carboxylic acids is 1. The van der Waals surface area contributed by atoms with Gasteiger partial charge < -0.3 is 14.6 Å². The molecule has 0 bridgehead atoms. The largest absolute Gasteiger partial charge is 0.493 e. The molecule has 122 valence electrons. The second kappa shape index (κ2) is 7.92. The Balaban J connectivity index is 1.42. The van der Waals surface area contributed by atoms with Crippen LogP contribution in [0.3, 0.4) is 0 Å². The quantitative estimate of drug-likeness (QED) is 0.723. The van der Waals surface area contributed by atoms with Crippen LogP contribution in [0.5, 0.6) is 5.75 Å². The van der Waals surface area contributed by atoms with E-state index in [1.165, 1.54) is 0 Å². The third-order valence-corrected chi connectivity index (χ3v) is 3.28. The summed E-state index contributed by atoms with van der Waals surface area (Å²) in [6.07, 6.45) is 0.259. The van der Waals surface area contributed by atoms with Crippen LogP contribution < -0.4 is 10.1 Å². The van der Waals surface area contributed by atoms with E-state index in [0.29, 0.717) is 18.3 Å². The molecule has 0 atom stereocenters. The van der Waals surface area contributed by atoms with Gasteiger partial charge in [-0.15, -0.1) is 0 Å². The summed E-state index contributed by atoms with van der Waals surface area (Å²) in [4.78, 5) is 16.1. The van der Waals surface area contributed by atoms with Gasteiger partial charge in [0.05, 0.1) is 19.6 Å². The summed E-state index contributed by atoms with van der Waals surface area (Å²) in [5.74, 6) is 1.48. The van der Waals surface area contributed by atoms with Crippen molar-refractivity contribution in [3.8, 4) is 17.1 Å². The van der Waals surface area contributed by atoms with E-state index >= 15 is 0 Å². The van der Waals surface area contributed by atoms with Crippen LogP contribution in [0.2, 0.25) is 0 Å². The first-order valence-corrected chi connectivity index (χ1v) is 7.64. The van der Waals surface area contributed by atoms with E-state index < -0.39 is 0 Å². The highest BCUT2D eigenvalue weighted by Gasteiger charge is 2.09. The molecule has 6 heteroatoms. The van der Waals surface area contributed by atoms with E-state index in [4.69, 9.17) is 9.26 Å². The number of aromatic nitrogens is 2. The van der Waals surface area contributed by atoms with Crippen molar-refractivity contribution in [1.29, 1.82) is 0 Å². The maximum Gasteiger partial charge on any atom is 0.246 e. The summed E-state index contributed by atoms with van der Waals surface area (Å²) in [6.45, 7) is 0.513. The minimum Gasteiger partial charge on any atom is -0.493 e. The van der Waals surface area contributed by atoms with Crippen molar-refractivity contribution in [3.63, 3.8) is 0 Å². The molecule has 0 aliphatic carbocycles. The Morgan fingerprint density at radius 2 is 1.75 bits per heavy atom. The van der Waals surface area contributed by atoms with Gasteiger partial charge in [-0.25, -0.2) is 0 Å². The van der Waals surface area contributed by atoms with Gasteiger partial charge in [-0.3, -0.25) is 4.79 Å². The number of nitrogens with one attached hydrogen (secondary N) is 1. The van der Waals surface area contributed by atoms with E-state index in [-0.39, 0.29) is 18.9 Å². The van der Waals surface area contributed by atoms with Gasteiger partial charge in [-0.05, 0) is 12.1 Å². The van der Waals surface area contributed by atoms with Crippen molar-refractivity contribution in [2.75, 3.05) is 6.61 Å². The molecule has 1 amide bonds. The van der Waals surface area contributed by atoms with Crippen molar-refractivity contribution >= 4 is 5.91 Å². The van der Waals surface area contributed by atoms with E-state index in [1.807, 2.05) is 60.7 Å². The smallest absolute Gasteiger partial charge is 0.246 e. The third kappa shape index (κ3) is 4.42. The maximum atomic E-state index is 11.8. The van der Waals surface area contributed by atoms with Crippen LogP contribution in [0.1, 0.15) is 12.3 Å². The molecule has 3 aromatic rings. The van der Waals surface area contributed by atoms with Crippen LogP contribution in [0.4, 0.5) is 0 Å². The zero-order valence-electron chi connectivity index (χ0n) is 13.0. The highest BCUT2D eigenvalue weighted by Crippen LogP contribution is 2.14. The predicted octanol–water partition coefficient (Wildman–Crippen LogP) is 2.82. The Hall–Kier alpha value is -3.15. The molecule has 1 N–H and O–H groups in total. The number of hydrogen-bond acceptors (Lipinski definition) is 5. The molecular weight excluding hydrogens is 306 g/mol. The minimum absolute atomic E-state index is 0.134. The van der Waals surface area contributed by atoms with E-state index in [2.05, 4.69) is 15.5 Å². The van der Waals surface area contributed by atoms with Crippen LogP contribution in [0, 0.1) is 0 Å². The van der Waals surface area contributed by atoms with Gasteiger partial charge in [0.1, 0.15) is 5.75 Å². The molecule has 6 nitrogen and oxygen atoms in total. The lowest BCUT2D eigenvalue weighted by Crippen LogP contribution is -2.24. The number of carbonyl (C=O) groups is 1. The van der Waals surface area contributed by atoms with Gasteiger partial charge in [-0.2, -0.15) is 4.98 Å². The average molecular weight is 323 g/mol. The zero-order valence-corrected chi connectivity index (χ0v) is 13.0. The lowest BCUT2D eigenvalue weighted by molar-refractivity contribution is -0.121. The maximum absolute atomic E-state index is 11.8. The Morgan fingerprint density at radius 1 is 1.04 bits per heavy atom. The van der Waals surface area contributed by atoms with Crippen LogP contribution in [0.15, 0.2) is 65.2 Å². The van der Waals surface area contributed by atoms with Crippen molar-refractivity contribution in [2.45, 2.75) is 13.0 Å². The van der Waals surface area contributed by atoms with Crippen molar-refractivity contribution in [2.24, 2.45) is 0 Å². The second-order valence-electron chi connectivity index (χ2n) is 5.07. The fourth-order valence-electron chi connectivity index (χ4n) is 2.07. The van der Waals surface area contributed by atoms with Crippen molar-refractivity contribution in [1.82, 2.24) is 15.5 Å². The lowest BCUT2D eigenvalue weighted by Gasteiger charge is -2.05. The number of hydrogen-bond donors (Lipinski definition) is 1. The topological polar surface area (TPSA) is 77.2 Å². The van der Waals surface area contributed by atoms with E-state index in [9.17, 15) is 4.79 Å². The van der Waals surface area contributed by atoms with Crippen molar-refractivity contribution in [3.05, 3.63) is 66.6 Å². The zero-order chi connectivity index (χ0) is 16.6. The van der Waals surface area contributed by atoms with Gasteiger partial charge in [0, 0.05) is 5.56 Å². The SMILES string of the molecule is O=C(CCOc1ccccc1)NCc1nc(-c2ccccc2)no1. The Morgan fingerprint density at radius 3 is 2.50 bits per heavy atom. The number of benzene rings is 2. The van der Waals surface area contributed by atoms with Gasteiger partial charge >= 0.3 is 0 Å². The number of ether oxygens (including phenoxy) is 1. The first-order valence-electron chi connectivity index (χ1n) is 7.64. The molecule has 0 spiro atoms. The third-order valence-electron chi connectivity index (χ3n) is 3.28. The summed E-state index contributed by atoms with van der Waals surface area (Å²) in [5, 5.41) is 6.64. The fourth-order valence-corrected chi connectivity index (χ4v) is 2.07. The molecule has 3 rings (SSSR count). The molecule has 0 aliphatic heterocycles. The van der Waals surface area contributed by atoms with Crippen LogP contribution in [-0.2, 0) is 11.3 Å². The first kappa shape index (κ1) is 15.7. The Bertz CT molecular complexity index is 772. The van der Waals surface area contributed by atoms with Crippen LogP contribution in [-0.4, -0.2) is 22.7 Å². The minimum atomic E-state index is -0.134. The highest BCUT2D eigenvalue weighted by atomic mass is 16.5. The van der Waals surface area contributed by atoms with Crippen molar-refractivity contribution < 1.29 is 14.1 Å². The van der Waals surface area contributed by atoms with E-state index in [0.717, 1.165) is 11.3 Å². The molecule has 0 saturated heterocycles. The van der Waals surface area contributed by atoms with Gasteiger partial charge in [0.25, 0.3) is 0 Å². The van der Waals surface area contributed by atoms with Gasteiger partial charge in [0.15, 0.2) is 0 Å². The molecule has 0 radical (unpaired) electrons. The lowest BCUT2D eigenvalue weighted by atomic mass is 10.2. The second-order valence-corrected chi connectivity index (χ2v) is 5.07. The molecule has 1 aromatic heterocycles. The average Bonchev–Trinajstić information content (AvgIpc) is 3.11. The summed E-state index contributed by atoms with van der Waals surface area (Å²) < 4.78 is 10.6. The summed E-state index contributed by atoms with van der Waals surface area (Å²) in [7, 11) is 0. The molecule has 0 aliphatic rings. The predicted molar refractivity (Wildman–Crippen MR) is 88.1 cm³/mol. The highest BCUT2D eigenvalue weighted by molar-refractivity contribution is 5.75. The Kier molecular flexibility index (Phi) is 5.19. The molecule has 0 saturated carbocycles. The normalized spacial score (nSPS) is 10.3. The molecule has 0 unspecified atom stereocenters. The number of para-hydroxylation sites is 1. The monoisotopic (exact) mass is 323 g/mol. The van der Waals surface area contributed by atoms with Gasteiger partial charge in [-0.1, -0.05) is 53.7 Å². The molecule has 0 fully saturated rings. The molecule has 24 heavy (non-hydrogen) atoms. The molecule has 1 heterocycles. The fraction of sp³-hybridized carbons (Fsp3) is 0.167. The number of rotatable bonds is 7. The number of amides is 1. The Labute approximate surface area is 139 Å². The van der Waals surface area contributed by atoms with Gasteiger partial charge in [0.2, 0.25) is 17.6 Å². The van der Waals surface area contributed by atoms with Crippen LogP contribution in [0.25, 0.3) is 11.4 Å². The van der Waals surface area contributed by atoms with E-state index in [1.54, 1.807) is 0 Å².